The van der Waals surface area contributed by atoms with E-state index in [0.29, 0.717) is 0 Å². The first kappa shape index (κ1) is 8.49. The van der Waals surface area contributed by atoms with Crippen molar-refractivity contribution in [2.45, 2.75) is 0 Å². The summed E-state index contributed by atoms with van der Waals surface area (Å²) in [6, 6.07) is 6.28. The molecular formula is C11H12N4. The first-order chi connectivity index (χ1) is 7.34. The SMILES string of the molecule is CN1CC=CN1c1ccc2cn[nH]c2c1. The van der Waals surface area contributed by atoms with Crippen LogP contribution in [-0.4, -0.2) is 28.8 Å². The maximum Gasteiger partial charge on any atom is 0.0671 e. The van der Waals surface area contributed by atoms with Gasteiger partial charge in [-0.25, -0.2) is 5.01 Å². The van der Waals surface area contributed by atoms with Crippen LogP contribution in [0, 0.1) is 0 Å². The summed E-state index contributed by atoms with van der Waals surface area (Å²) in [4.78, 5) is 0. The molecule has 0 bridgehead atoms. The number of aromatic amines is 1. The lowest BCUT2D eigenvalue weighted by atomic mass is 10.2. The largest absolute Gasteiger partial charge is 0.282 e. The first-order valence-electron chi connectivity index (χ1n) is 4.95. The minimum atomic E-state index is 0.959. The fourth-order valence-electron chi connectivity index (χ4n) is 1.85. The van der Waals surface area contributed by atoms with Crippen molar-refractivity contribution in [1.82, 2.24) is 15.2 Å². The molecular weight excluding hydrogens is 188 g/mol. The number of rotatable bonds is 1. The van der Waals surface area contributed by atoms with Gasteiger partial charge in [0, 0.05) is 25.2 Å². The van der Waals surface area contributed by atoms with E-state index in [0.717, 1.165) is 23.1 Å². The van der Waals surface area contributed by atoms with Gasteiger partial charge in [0.05, 0.1) is 17.4 Å². The summed E-state index contributed by atoms with van der Waals surface area (Å²) in [5, 5.41) is 12.4. The predicted molar refractivity (Wildman–Crippen MR) is 60.3 cm³/mol. The second-order valence-electron chi connectivity index (χ2n) is 3.71. The smallest absolute Gasteiger partial charge is 0.0671 e. The summed E-state index contributed by atoms with van der Waals surface area (Å²) in [7, 11) is 2.07. The molecule has 76 valence electrons. The van der Waals surface area contributed by atoms with Crippen molar-refractivity contribution in [3.63, 3.8) is 0 Å². The van der Waals surface area contributed by atoms with Gasteiger partial charge in [-0.05, 0) is 18.2 Å². The van der Waals surface area contributed by atoms with Crippen LogP contribution in [0.1, 0.15) is 0 Å². The molecule has 4 heteroatoms. The molecule has 4 nitrogen and oxygen atoms in total. The Kier molecular flexibility index (Phi) is 1.76. The molecule has 3 rings (SSSR count). The van der Waals surface area contributed by atoms with E-state index in [9.17, 15) is 0 Å². The monoisotopic (exact) mass is 200 g/mol. The minimum absolute atomic E-state index is 0.959. The molecule has 0 saturated heterocycles. The lowest BCUT2D eigenvalue weighted by Gasteiger charge is -2.24. The first-order valence-corrected chi connectivity index (χ1v) is 4.95. The zero-order chi connectivity index (χ0) is 10.3. The summed E-state index contributed by atoms with van der Waals surface area (Å²) in [5.41, 5.74) is 2.23. The highest BCUT2D eigenvalue weighted by Gasteiger charge is 2.13. The van der Waals surface area contributed by atoms with E-state index in [1.807, 2.05) is 6.20 Å². The number of fused-ring (bicyclic) bond motifs is 1. The van der Waals surface area contributed by atoms with Crippen LogP contribution >= 0.6 is 0 Å². The van der Waals surface area contributed by atoms with Crippen LogP contribution < -0.4 is 5.01 Å². The van der Waals surface area contributed by atoms with Crippen LogP contribution in [0.25, 0.3) is 10.9 Å². The van der Waals surface area contributed by atoms with Crippen LogP contribution in [0.4, 0.5) is 5.69 Å². The van der Waals surface area contributed by atoms with E-state index >= 15 is 0 Å². The van der Waals surface area contributed by atoms with Crippen LogP contribution in [0.2, 0.25) is 0 Å². The number of aromatic nitrogens is 2. The third-order valence-corrected chi connectivity index (χ3v) is 2.67. The number of hydrazine groups is 1. The van der Waals surface area contributed by atoms with Gasteiger partial charge in [0.15, 0.2) is 0 Å². The highest BCUT2D eigenvalue weighted by atomic mass is 15.6. The molecule has 15 heavy (non-hydrogen) atoms. The maximum atomic E-state index is 4.01. The number of likely N-dealkylation sites (N-methyl/N-ethyl adjacent to an activating group) is 1. The molecule has 1 aliphatic rings. The summed E-state index contributed by atoms with van der Waals surface area (Å²) in [6.45, 7) is 0.959. The number of hydrogen-bond donors (Lipinski definition) is 1. The topological polar surface area (TPSA) is 35.2 Å². The Labute approximate surface area is 87.8 Å². The van der Waals surface area contributed by atoms with Gasteiger partial charge in [0.1, 0.15) is 0 Å². The van der Waals surface area contributed by atoms with Crippen LogP contribution in [0.15, 0.2) is 36.7 Å². The van der Waals surface area contributed by atoms with E-state index in [-0.39, 0.29) is 0 Å². The molecule has 0 atom stereocenters. The number of benzene rings is 1. The van der Waals surface area contributed by atoms with E-state index in [2.05, 4.69) is 57.7 Å². The maximum absolute atomic E-state index is 4.01. The normalized spacial score (nSPS) is 16.7. The van der Waals surface area contributed by atoms with Crippen molar-refractivity contribution < 1.29 is 0 Å². The fourth-order valence-corrected chi connectivity index (χ4v) is 1.85. The average Bonchev–Trinajstić information content (AvgIpc) is 2.84. The molecule has 2 heterocycles. The second-order valence-corrected chi connectivity index (χ2v) is 3.71. The van der Waals surface area contributed by atoms with Gasteiger partial charge in [-0.15, -0.1) is 0 Å². The van der Waals surface area contributed by atoms with Gasteiger partial charge < -0.3 is 0 Å². The molecule has 1 N–H and O–H groups in total. The van der Waals surface area contributed by atoms with Gasteiger partial charge in [-0.2, -0.15) is 5.10 Å². The van der Waals surface area contributed by atoms with Gasteiger partial charge in [-0.1, -0.05) is 6.08 Å². The van der Waals surface area contributed by atoms with Gasteiger partial charge >= 0.3 is 0 Å². The van der Waals surface area contributed by atoms with Crippen molar-refractivity contribution in [2.24, 2.45) is 0 Å². The number of nitrogens with zero attached hydrogens (tertiary/aromatic N) is 3. The van der Waals surface area contributed by atoms with Gasteiger partial charge in [0.2, 0.25) is 0 Å². The zero-order valence-corrected chi connectivity index (χ0v) is 8.51. The molecule has 0 aliphatic carbocycles. The zero-order valence-electron chi connectivity index (χ0n) is 8.51. The number of H-pyrrole nitrogens is 1. The quantitative estimate of drug-likeness (QED) is 0.761. The van der Waals surface area contributed by atoms with Crippen LogP contribution in [0.5, 0.6) is 0 Å². The van der Waals surface area contributed by atoms with E-state index in [1.54, 1.807) is 0 Å². The van der Waals surface area contributed by atoms with E-state index < -0.39 is 0 Å². The summed E-state index contributed by atoms with van der Waals surface area (Å²) >= 11 is 0. The van der Waals surface area contributed by atoms with Crippen LogP contribution in [0.3, 0.4) is 0 Å². The number of nitrogens with one attached hydrogen (secondary N) is 1. The molecule has 0 fully saturated rings. The molecule has 0 amide bonds. The summed E-state index contributed by atoms with van der Waals surface area (Å²) < 4.78 is 0. The highest BCUT2D eigenvalue weighted by molar-refractivity contribution is 5.82. The predicted octanol–water partition coefficient (Wildman–Crippen LogP) is 1.74. The van der Waals surface area contributed by atoms with Crippen molar-refractivity contribution >= 4 is 16.6 Å². The Morgan fingerprint density at radius 1 is 1.40 bits per heavy atom. The minimum Gasteiger partial charge on any atom is -0.282 e. The van der Waals surface area contributed by atoms with Crippen LogP contribution in [-0.2, 0) is 0 Å². The van der Waals surface area contributed by atoms with Crippen molar-refractivity contribution in [3.8, 4) is 0 Å². The Balaban J connectivity index is 2.07. The second kappa shape index (κ2) is 3.10. The van der Waals surface area contributed by atoms with Crippen molar-refractivity contribution in [3.05, 3.63) is 36.7 Å². The lowest BCUT2D eigenvalue weighted by molar-refractivity contribution is 0.397. The Morgan fingerprint density at radius 2 is 2.33 bits per heavy atom. The molecule has 0 radical (unpaired) electrons. The lowest BCUT2D eigenvalue weighted by Crippen LogP contribution is -2.30. The molecule has 2 aromatic rings. The van der Waals surface area contributed by atoms with Gasteiger partial charge in [0.25, 0.3) is 0 Å². The highest BCUT2D eigenvalue weighted by Crippen LogP contribution is 2.23. The Morgan fingerprint density at radius 3 is 3.13 bits per heavy atom. The van der Waals surface area contributed by atoms with E-state index in [1.165, 1.54) is 0 Å². The summed E-state index contributed by atoms with van der Waals surface area (Å²) in [5.74, 6) is 0. The third kappa shape index (κ3) is 1.30. The molecule has 0 unspecified atom stereocenters. The molecule has 1 aromatic heterocycles. The van der Waals surface area contributed by atoms with Crippen molar-refractivity contribution in [2.75, 3.05) is 18.6 Å². The van der Waals surface area contributed by atoms with E-state index in [4.69, 9.17) is 0 Å². The average molecular weight is 200 g/mol. The fraction of sp³-hybridized carbons (Fsp3) is 0.182. The molecule has 0 spiro atoms. The number of hydrogen-bond acceptors (Lipinski definition) is 3. The van der Waals surface area contributed by atoms with Crippen molar-refractivity contribution in [1.29, 1.82) is 0 Å². The standard InChI is InChI=1S/C11H12N4/c1-14-5-2-6-15(14)10-4-3-9-8-12-13-11(9)7-10/h2-4,6-8H,5H2,1H3,(H,12,13). The molecule has 1 aromatic carbocycles. The number of anilines is 1. The third-order valence-electron chi connectivity index (χ3n) is 2.67. The Bertz CT molecular complexity index is 514. The summed E-state index contributed by atoms with van der Waals surface area (Å²) in [6.07, 6.45) is 6.05. The molecule has 0 saturated carbocycles. The Hall–Kier alpha value is -1.81. The molecule has 1 aliphatic heterocycles. The van der Waals surface area contributed by atoms with Gasteiger partial charge in [-0.3, -0.25) is 10.1 Å².